The van der Waals surface area contributed by atoms with Crippen molar-refractivity contribution in [1.82, 2.24) is 0 Å². The van der Waals surface area contributed by atoms with E-state index in [0.717, 1.165) is 21.3 Å². The topological polar surface area (TPSA) is 26.0 Å². The second-order valence-electron chi connectivity index (χ2n) is 4.84. The molecule has 0 unspecified atom stereocenters. The quantitative estimate of drug-likeness (QED) is 0.699. The van der Waals surface area contributed by atoms with E-state index in [2.05, 4.69) is 56.6 Å². The van der Waals surface area contributed by atoms with Crippen molar-refractivity contribution in [2.45, 2.75) is 40.0 Å². The van der Waals surface area contributed by atoms with Gasteiger partial charge in [0.1, 0.15) is 0 Å². The molecule has 0 heterocycles. The second-order valence-corrected chi connectivity index (χ2v) is 5.64. The third-order valence-corrected chi connectivity index (χ3v) is 3.59. The Bertz CT molecular complexity index is 362. The third-order valence-electron chi connectivity index (χ3n) is 2.56. The monoisotopic (exact) mass is 255 g/mol. The first-order valence-corrected chi connectivity index (χ1v) is 5.60. The number of hydrogen-bond acceptors (Lipinski definition) is 1. The highest BCUT2D eigenvalue weighted by molar-refractivity contribution is 9.10. The summed E-state index contributed by atoms with van der Waals surface area (Å²) in [5.41, 5.74) is 10.6. The molecule has 14 heavy (non-hydrogen) atoms. The molecule has 2 N–H and O–H groups in total. The average Bonchev–Trinajstić information content (AvgIpc) is 2.06. The molecule has 0 bridgehead atoms. The Balaban J connectivity index is 3.49. The first kappa shape index (κ1) is 11.6. The van der Waals surface area contributed by atoms with Crippen molar-refractivity contribution in [3.63, 3.8) is 0 Å². The number of anilines is 1. The van der Waals surface area contributed by atoms with Gasteiger partial charge in [-0.2, -0.15) is 0 Å². The maximum absolute atomic E-state index is 5.96. The predicted octanol–water partition coefficient (Wildman–Crippen LogP) is 3.95. The van der Waals surface area contributed by atoms with E-state index in [1.807, 2.05) is 0 Å². The van der Waals surface area contributed by atoms with Crippen LogP contribution in [0.4, 0.5) is 5.69 Å². The maximum atomic E-state index is 5.96. The van der Waals surface area contributed by atoms with Crippen molar-refractivity contribution < 1.29 is 0 Å². The summed E-state index contributed by atoms with van der Waals surface area (Å²) in [5, 5.41) is 0. The second kappa shape index (κ2) is 3.58. The lowest BCUT2D eigenvalue weighted by atomic mass is 9.85. The van der Waals surface area contributed by atoms with Crippen molar-refractivity contribution in [3.05, 3.63) is 27.2 Å². The normalized spacial score (nSPS) is 11.9. The lowest BCUT2D eigenvalue weighted by molar-refractivity contribution is 0.586. The Morgan fingerprint density at radius 1 is 1.21 bits per heavy atom. The van der Waals surface area contributed by atoms with Gasteiger partial charge in [-0.25, -0.2) is 0 Å². The van der Waals surface area contributed by atoms with Gasteiger partial charge in [-0.1, -0.05) is 42.8 Å². The third kappa shape index (κ3) is 1.95. The summed E-state index contributed by atoms with van der Waals surface area (Å²) in [4.78, 5) is 0. The van der Waals surface area contributed by atoms with Crippen molar-refractivity contribution >= 4 is 21.6 Å². The van der Waals surface area contributed by atoms with Crippen LogP contribution >= 0.6 is 15.9 Å². The number of nitrogen functional groups attached to an aromatic ring is 1. The van der Waals surface area contributed by atoms with Gasteiger partial charge in [-0.15, -0.1) is 0 Å². The lowest BCUT2D eigenvalue weighted by Crippen LogP contribution is -2.14. The van der Waals surface area contributed by atoms with Crippen LogP contribution in [0.25, 0.3) is 0 Å². The van der Waals surface area contributed by atoms with Gasteiger partial charge < -0.3 is 5.73 Å². The van der Waals surface area contributed by atoms with E-state index in [1.165, 1.54) is 5.56 Å². The van der Waals surface area contributed by atoms with Gasteiger partial charge in [0.2, 0.25) is 0 Å². The molecule has 2 heteroatoms. The molecule has 0 aromatic heterocycles. The van der Waals surface area contributed by atoms with E-state index in [0.29, 0.717) is 0 Å². The van der Waals surface area contributed by atoms with Gasteiger partial charge in [0, 0.05) is 10.2 Å². The van der Waals surface area contributed by atoms with Crippen LogP contribution in [0.3, 0.4) is 0 Å². The zero-order chi connectivity index (χ0) is 11.1. The van der Waals surface area contributed by atoms with Gasteiger partial charge in [0.15, 0.2) is 0 Å². The lowest BCUT2D eigenvalue weighted by Gasteiger charge is -2.23. The predicted molar refractivity (Wildman–Crippen MR) is 66.7 cm³/mol. The average molecular weight is 256 g/mol. The molecule has 0 aliphatic rings. The summed E-state index contributed by atoms with van der Waals surface area (Å²) in [6, 6.07) is 2.17. The van der Waals surface area contributed by atoms with E-state index in [9.17, 15) is 0 Å². The molecule has 78 valence electrons. The Morgan fingerprint density at radius 2 is 1.71 bits per heavy atom. The van der Waals surface area contributed by atoms with Crippen molar-refractivity contribution in [2.75, 3.05) is 5.73 Å². The molecule has 0 radical (unpaired) electrons. The van der Waals surface area contributed by atoms with E-state index in [1.54, 1.807) is 0 Å². The molecular weight excluding hydrogens is 238 g/mol. The van der Waals surface area contributed by atoms with Gasteiger partial charge in [0.25, 0.3) is 0 Å². The van der Waals surface area contributed by atoms with Gasteiger partial charge in [-0.05, 0) is 36.0 Å². The van der Waals surface area contributed by atoms with E-state index >= 15 is 0 Å². The zero-order valence-electron chi connectivity index (χ0n) is 9.53. The number of nitrogens with two attached hydrogens (primary N) is 1. The first-order chi connectivity index (χ1) is 6.25. The highest BCUT2D eigenvalue weighted by atomic mass is 79.9. The number of rotatable bonds is 0. The molecule has 1 aromatic rings. The summed E-state index contributed by atoms with van der Waals surface area (Å²) in [5.74, 6) is 0. The van der Waals surface area contributed by atoms with E-state index < -0.39 is 0 Å². The molecule has 1 nitrogen and oxygen atoms in total. The number of halogens is 1. The number of benzene rings is 1. The largest absolute Gasteiger partial charge is 0.398 e. The number of aryl methyl sites for hydroxylation is 1. The van der Waals surface area contributed by atoms with Crippen LogP contribution in [0.1, 0.15) is 37.5 Å². The smallest absolute Gasteiger partial charge is 0.0385 e. The fraction of sp³-hybridized carbons (Fsp3) is 0.500. The van der Waals surface area contributed by atoms with Gasteiger partial charge in [0.05, 0.1) is 0 Å². The molecular formula is C12H18BrN. The molecule has 0 aliphatic carbocycles. The minimum atomic E-state index is 0.155. The molecule has 0 fully saturated rings. The SMILES string of the molecule is Cc1cc(C(C)(C)C)c(Br)c(C)c1N. The Morgan fingerprint density at radius 3 is 2.14 bits per heavy atom. The summed E-state index contributed by atoms with van der Waals surface area (Å²) < 4.78 is 1.15. The molecule has 0 spiro atoms. The fourth-order valence-electron chi connectivity index (χ4n) is 1.52. The fourth-order valence-corrected chi connectivity index (χ4v) is 2.44. The summed E-state index contributed by atoms with van der Waals surface area (Å²) in [6.45, 7) is 10.7. The van der Waals surface area contributed by atoms with Crippen molar-refractivity contribution in [3.8, 4) is 0 Å². The van der Waals surface area contributed by atoms with Crippen molar-refractivity contribution in [2.24, 2.45) is 0 Å². The molecule has 0 atom stereocenters. The molecule has 1 aromatic carbocycles. The van der Waals surface area contributed by atoms with Crippen LogP contribution in [0.2, 0.25) is 0 Å². The van der Waals surface area contributed by atoms with Crippen LogP contribution in [0.5, 0.6) is 0 Å². The summed E-state index contributed by atoms with van der Waals surface area (Å²) >= 11 is 3.62. The zero-order valence-corrected chi connectivity index (χ0v) is 11.1. The van der Waals surface area contributed by atoms with Crippen LogP contribution in [0, 0.1) is 13.8 Å². The van der Waals surface area contributed by atoms with Crippen molar-refractivity contribution in [1.29, 1.82) is 0 Å². The summed E-state index contributed by atoms with van der Waals surface area (Å²) in [7, 11) is 0. The van der Waals surface area contributed by atoms with Crippen LogP contribution in [-0.2, 0) is 5.41 Å². The van der Waals surface area contributed by atoms with Crippen LogP contribution in [0.15, 0.2) is 10.5 Å². The van der Waals surface area contributed by atoms with Gasteiger partial charge >= 0.3 is 0 Å². The van der Waals surface area contributed by atoms with Gasteiger partial charge in [-0.3, -0.25) is 0 Å². The highest BCUT2D eigenvalue weighted by Gasteiger charge is 2.19. The van der Waals surface area contributed by atoms with Crippen LogP contribution < -0.4 is 5.73 Å². The van der Waals surface area contributed by atoms with E-state index in [-0.39, 0.29) is 5.41 Å². The maximum Gasteiger partial charge on any atom is 0.0385 e. The minimum absolute atomic E-state index is 0.155. The Labute approximate surface area is 94.8 Å². The molecule has 0 aliphatic heterocycles. The number of hydrogen-bond donors (Lipinski definition) is 1. The molecule has 1 rings (SSSR count). The minimum Gasteiger partial charge on any atom is -0.398 e. The Hall–Kier alpha value is -0.500. The van der Waals surface area contributed by atoms with E-state index in [4.69, 9.17) is 5.73 Å². The standard InChI is InChI=1S/C12H18BrN/c1-7-6-9(12(3,4)5)10(13)8(2)11(7)14/h6H,14H2,1-5H3. The molecule has 0 saturated heterocycles. The molecule has 0 amide bonds. The molecule has 0 saturated carbocycles. The Kier molecular flexibility index (Phi) is 2.96. The summed E-state index contributed by atoms with van der Waals surface area (Å²) in [6.07, 6.45) is 0. The first-order valence-electron chi connectivity index (χ1n) is 4.81. The van der Waals surface area contributed by atoms with Crippen LogP contribution in [-0.4, -0.2) is 0 Å². The highest BCUT2D eigenvalue weighted by Crippen LogP contribution is 2.36.